The van der Waals surface area contributed by atoms with E-state index in [0.717, 1.165) is 11.1 Å². The van der Waals surface area contributed by atoms with Crippen molar-refractivity contribution in [3.63, 3.8) is 0 Å². The van der Waals surface area contributed by atoms with E-state index in [0.29, 0.717) is 5.90 Å². The van der Waals surface area contributed by atoms with Crippen LogP contribution >= 0.6 is 0 Å². The Bertz CT molecular complexity index is 772. The number of benzene rings is 2. The van der Waals surface area contributed by atoms with Crippen LogP contribution in [0.2, 0.25) is 0 Å². The molecule has 22 heavy (non-hydrogen) atoms. The molecule has 0 N–H and O–H groups in total. The largest absolute Gasteiger partial charge is 0.476 e. The van der Waals surface area contributed by atoms with Gasteiger partial charge < -0.3 is 9.47 Å². The first-order chi connectivity index (χ1) is 10.9. The van der Waals surface area contributed by atoms with Crippen LogP contribution < -0.4 is 0 Å². The predicted molar refractivity (Wildman–Crippen MR) is 81.5 cm³/mol. The molecule has 0 aliphatic carbocycles. The van der Waals surface area contributed by atoms with E-state index >= 15 is 0 Å². The van der Waals surface area contributed by atoms with Gasteiger partial charge in [-0.05, 0) is 18.2 Å². The van der Waals surface area contributed by atoms with Crippen LogP contribution in [0, 0.1) is 5.92 Å². The maximum Gasteiger partial charge on any atom is 0.241 e. The van der Waals surface area contributed by atoms with Gasteiger partial charge >= 0.3 is 0 Å². The van der Waals surface area contributed by atoms with Gasteiger partial charge in [-0.1, -0.05) is 48.5 Å². The van der Waals surface area contributed by atoms with Crippen LogP contribution in [-0.4, -0.2) is 17.1 Å². The Labute approximate surface area is 128 Å². The Hall–Kier alpha value is -2.75. The van der Waals surface area contributed by atoms with Gasteiger partial charge in [0.15, 0.2) is 0 Å². The van der Waals surface area contributed by atoms with E-state index in [9.17, 15) is 0 Å². The topological polar surface area (TPSA) is 34.1 Å². The van der Waals surface area contributed by atoms with E-state index in [4.69, 9.17) is 9.47 Å². The highest BCUT2D eigenvalue weighted by molar-refractivity contribution is 5.95. The van der Waals surface area contributed by atoms with Crippen LogP contribution in [0.4, 0.5) is 0 Å². The highest BCUT2D eigenvalue weighted by atomic mass is 16.6. The predicted octanol–water partition coefficient (Wildman–Crippen LogP) is 3.03. The van der Waals surface area contributed by atoms with Gasteiger partial charge in [0.2, 0.25) is 17.9 Å². The molecule has 0 bridgehead atoms. The number of fused-ring (bicyclic) bond motifs is 4. The maximum atomic E-state index is 6.38. The van der Waals surface area contributed by atoms with Crippen LogP contribution in [0.1, 0.15) is 11.1 Å². The molecule has 0 spiro atoms. The Morgan fingerprint density at radius 1 is 0.955 bits per heavy atom. The SMILES string of the molecule is C1=CC2C(O1)N1N=C(c3ccccc3)OC21c1ccccc1. The van der Waals surface area contributed by atoms with Crippen LogP contribution in [0.15, 0.2) is 78.1 Å². The fourth-order valence-electron chi connectivity index (χ4n) is 3.45. The number of hydrazone groups is 1. The van der Waals surface area contributed by atoms with Gasteiger partial charge in [-0.15, -0.1) is 5.10 Å². The van der Waals surface area contributed by atoms with Crippen molar-refractivity contribution in [3.05, 3.63) is 84.1 Å². The molecule has 0 radical (unpaired) electrons. The lowest BCUT2D eigenvalue weighted by Crippen LogP contribution is -2.66. The maximum absolute atomic E-state index is 6.38. The fraction of sp³-hybridized carbons (Fsp3) is 0.167. The zero-order chi connectivity index (χ0) is 14.6. The minimum Gasteiger partial charge on any atom is -0.476 e. The lowest BCUT2D eigenvalue weighted by Gasteiger charge is -2.52. The van der Waals surface area contributed by atoms with E-state index in [1.807, 2.05) is 53.5 Å². The molecule has 1 saturated heterocycles. The molecule has 3 atom stereocenters. The molecule has 108 valence electrons. The summed E-state index contributed by atoms with van der Waals surface area (Å²) < 4.78 is 12.0. The first-order valence-electron chi connectivity index (χ1n) is 7.40. The first kappa shape index (κ1) is 11.9. The summed E-state index contributed by atoms with van der Waals surface area (Å²) in [5, 5.41) is 6.62. The summed E-state index contributed by atoms with van der Waals surface area (Å²) in [5.74, 6) is 0.802. The lowest BCUT2D eigenvalue weighted by atomic mass is 9.79. The van der Waals surface area contributed by atoms with Crippen molar-refractivity contribution in [2.45, 2.75) is 12.0 Å². The summed E-state index contributed by atoms with van der Waals surface area (Å²) in [5.41, 5.74) is 1.50. The Balaban J connectivity index is 1.60. The molecule has 0 aromatic heterocycles. The summed E-state index contributed by atoms with van der Waals surface area (Å²) in [7, 11) is 0. The second-order valence-corrected chi connectivity index (χ2v) is 5.66. The van der Waals surface area contributed by atoms with Crippen LogP contribution in [0.25, 0.3) is 0 Å². The van der Waals surface area contributed by atoms with Crippen molar-refractivity contribution in [2.24, 2.45) is 11.0 Å². The first-order valence-corrected chi connectivity index (χ1v) is 7.40. The number of hydrogen-bond acceptors (Lipinski definition) is 4. The number of hydrogen-bond donors (Lipinski definition) is 0. The third kappa shape index (κ3) is 1.34. The van der Waals surface area contributed by atoms with Gasteiger partial charge in [0, 0.05) is 11.1 Å². The molecule has 3 unspecified atom stereocenters. The highest BCUT2D eigenvalue weighted by Gasteiger charge is 2.69. The normalized spacial score (nSPS) is 30.7. The molecule has 2 aromatic carbocycles. The number of rotatable bonds is 2. The average molecular weight is 290 g/mol. The third-order valence-electron chi connectivity index (χ3n) is 4.50. The second-order valence-electron chi connectivity index (χ2n) is 5.66. The summed E-state index contributed by atoms with van der Waals surface area (Å²) in [6, 6.07) is 20.2. The zero-order valence-electron chi connectivity index (χ0n) is 11.8. The monoisotopic (exact) mass is 290 g/mol. The summed E-state index contributed by atoms with van der Waals surface area (Å²) in [4.78, 5) is 0. The third-order valence-corrected chi connectivity index (χ3v) is 4.50. The highest BCUT2D eigenvalue weighted by Crippen LogP contribution is 2.57. The molecular weight excluding hydrogens is 276 g/mol. The quantitative estimate of drug-likeness (QED) is 0.852. The van der Waals surface area contributed by atoms with Crippen LogP contribution in [0.3, 0.4) is 0 Å². The molecule has 1 fully saturated rings. The minimum absolute atomic E-state index is 0.0681. The lowest BCUT2D eigenvalue weighted by molar-refractivity contribution is -0.281. The standard InChI is InChI=1S/C18H14N2O2/c1-3-7-13(8-4-1)16-19-20-17-15(11-12-21-17)18(20,22-16)14-9-5-2-6-10-14/h1-12,15,17H. The molecule has 4 heteroatoms. The van der Waals surface area contributed by atoms with Gasteiger partial charge in [0.1, 0.15) is 5.92 Å². The summed E-state index contributed by atoms with van der Waals surface area (Å²) in [6.45, 7) is 0. The molecule has 4 nitrogen and oxygen atoms in total. The van der Waals surface area contributed by atoms with Crippen molar-refractivity contribution < 1.29 is 9.47 Å². The van der Waals surface area contributed by atoms with Crippen molar-refractivity contribution in [3.8, 4) is 0 Å². The molecule has 0 saturated carbocycles. The van der Waals surface area contributed by atoms with Crippen molar-refractivity contribution >= 4 is 5.90 Å². The molecular formula is C18H14N2O2. The molecule has 2 aromatic rings. The van der Waals surface area contributed by atoms with E-state index in [-0.39, 0.29) is 12.1 Å². The zero-order valence-corrected chi connectivity index (χ0v) is 11.8. The Morgan fingerprint density at radius 3 is 2.45 bits per heavy atom. The smallest absolute Gasteiger partial charge is 0.241 e. The summed E-state index contributed by atoms with van der Waals surface area (Å²) >= 11 is 0. The van der Waals surface area contributed by atoms with Gasteiger partial charge in [0.05, 0.1) is 6.26 Å². The van der Waals surface area contributed by atoms with Gasteiger partial charge in [-0.25, -0.2) is 5.01 Å². The second kappa shape index (κ2) is 4.13. The fourth-order valence-corrected chi connectivity index (χ4v) is 3.45. The van der Waals surface area contributed by atoms with Gasteiger partial charge in [0.25, 0.3) is 0 Å². The number of ether oxygens (including phenoxy) is 2. The molecule has 3 aliphatic rings. The Kier molecular flexibility index (Phi) is 2.23. The van der Waals surface area contributed by atoms with E-state index in [1.54, 1.807) is 6.26 Å². The molecule has 5 rings (SSSR count). The molecule has 3 heterocycles. The van der Waals surface area contributed by atoms with Crippen LogP contribution in [0.5, 0.6) is 0 Å². The van der Waals surface area contributed by atoms with Gasteiger partial charge in [-0.3, -0.25) is 0 Å². The summed E-state index contributed by atoms with van der Waals surface area (Å²) in [6.07, 6.45) is 3.75. The average Bonchev–Trinajstić information content (AvgIpc) is 3.15. The Morgan fingerprint density at radius 2 is 1.68 bits per heavy atom. The van der Waals surface area contributed by atoms with Crippen molar-refractivity contribution in [2.75, 3.05) is 0 Å². The van der Waals surface area contributed by atoms with Crippen molar-refractivity contribution in [1.82, 2.24) is 5.01 Å². The molecule has 0 amide bonds. The molecule has 3 aliphatic heterocycles. The van der Waals surface area contributed by atoms with Crippen LogP contribution in [-0.2, 0) is 15.2 Å². The van der Waals surface area contributed by atoms with E-state index in [1.165, 1.54) is 0 Å². The van der Waals surface area contributed by atoms with Crippen molar-refractivity contribution in [1.29, 1.82) is 0 Å². The van der Waals surface area contributed by atoms with E-state index < -0.39 is 5.72 Å². The van der Waals surface area contributed by atoms with E-state index in [2.05, 4.69) is 23.3 Å². The van der Waals surface area contributed by atoms with Gasteiger partial charge in [-0.2, -0.15) is 0 Å². The number of nitrogens with zero attached hydrogens (tertiary/aromatic N) is 2. The minimum atomic E-state index is -0.579.